The van der Waals surface area contributed by atoms with Gasteiger partial charge in [-0.2, -0.15) is 4.39 Å². The largest absolute Gasteiger partial charge is 0.386 e. The fourth-order valence-corrected chi connectivity index (χ4v) is 0.0667. The molecule has 0 aromatic carbocycles. The number of halogens is 1. The number of hydrogen-bond donors (Lipinski definition) is 1. The molecule has 1 N–H and O–H groups in total. The zero-order valence-corrected chi connectivity index (χ0v) is 3.37. The lowest BCUT2D eigenvalue weighted by molar-refractivity contribution is -0.556. The average Bonchev–Trinajstić information content (AvgIpc) is 1.65. The highest BCUT2D eigenvalue weighted by Crippen LogP contribution is 1.86. The van der Waals surface area contributed by atoms with E-state index in [9.17, 15) is 14.5 Å². The first kappa shape index (κ1) is 6.29. The first-order chi connectivity index (χ1) is 3.18. The summed E-state index contributed by atoms with van der Waals surface area (Å²) in [5, 5.41) is 16.9. The van der Waals surface area contributed by atoms with Crippen molar-refractivity contribution in [3.63, 3.8) is 0 Å². The summed E-state index contributed by atoms with van der Waals surface area (Å²) in [5.74, 6) is 0. The van der Waals surface area contributed by atoms with Crippen LogP contribution in [0.3, 0.4) is 0 Å². The summed E-state index contributed by atoms with van der Waals surface area (Å²) in [4.78, 5) is 8.01. The molecular formula is C2H4FNO3. The van der Waals surface area contributed by atoms with Crippen molar-refractivity contribution in [1.82, 2.24) is 0 Å². The van der Waals surface area contributed by atoms with Crippen LogP contribution in [0.25, 0.3) is 0 Å². The van der Waals surface area contributed by atoms with Gasteiger partial charge in [-0.3, -0.25) is 10.1 Å². The molecule has 0 heterocycles. The van der Waals surface area contributed by atoms with E-state index in [-0.39, 0.29) is 0 Å². The molecule has 1 unspecified atom stereocenters. The van der Waals surface area contributed by atoms with Crippen molar-refractivity contribution in [2.75, 3.05) is 6.61 Å². The van der Waals surface area contributed by atoms with Gasteiger partial charge in [-0.05, 0) is 0 Å². The third-order valence-electron chi connectivity index (χ3n) is 0.379. The number of alkyl halides is 1. The van der Waals surface area contributed by atoms with Crippen molar-refractivity contribution in [3.05, 3.63) is 10.1 Å². The first-order valence-corrected chi connectivity index (χ1v) is 1.57. The van der Waals surface area contributed by atoms with Gasteiger partial charge in [0.25, 0.3) is 0 Å². The lowest BCUT2D eigenvalue weighted by Crippen LogP contribution is -2.16. The zero-order chi connectivity index (χ0) is 5.86. The van der Waals surface area contributed by atoms with E-state index < -0.39 is 17.8 Å². The number of aliphatic hydroxyl groups excluding tert-OH is 1. The van der Waals surface area contributed by atoms with Gasteiger partial charge < -0.3 is 5.11 Å². The van der Waals surface area contributed by atoms with E-state index in [1.165, 1.54) is 0 Å². The molecular weight excluding hydrogens is 105 g/mol. The summed E-state index contributed by atoms with van der Waals surface area (Å²) in [6, 6.07) is 0. The molecule has 0 aromatic heterocycles. The van der Waals surface area contributed by atoms with Crippen LogP contribution < -0.4 is 0 Å². The van der Waals surface area contributed by atoms with Crippen LogP contribution in [-0.2, 0) is 0 Å². The molecule has 4 nitrogen and oxygen atoms in total. The molecule has 0 saturated carbocycles. The zero-order valence-electron chi connectivity index (χ0n) is 3.37. The quantitative estimate of drug-likeness (QED) is 0.297. The van der Waals surface area contributed by atoms with E-state index in [0.29, 0.717) is 0 Å². The van der Waals surface area contributed by atoms with Crippen LogP contribution >= 0.6 is 0 Å². The van der Waals surface area contributed by atoms with E-state index in [1.54, 1.807) is 0 Å². The maximum atomic E-state index is 11.3. The molecule has 0 aliphatic carbocycles. The van der Waals surface area contributed by atoms with E-state index in [2.05, 4.69) is 0 Å². The molecule has 0 saturated heterocycles. The lowest BCUT2D eigenvalue weighted by Gasteiger charge is -1.90. The number of hydrogen-bond acceptors (Lipinski definition) is 3. The normalized spacial score (nSPS) is 13.4. The smallest absolute Gasteiger partial charge is 0.372 e. The monoisotopic (exact) mass is 109 g/mol. The second kappa shape index (κ2) is 2.46. The highest BCUT2D eigenvalue weighted by atomic mass is 19.1. The minimum absolute atomic E-state index is 1.05. The van der Waals surface area contributed by atoms with Crippen LogP contribution in [0.4, 0.5) is 4.39 Å². The summed E-state index contributed by atoms with van der Waals surface area (Å²) >= 11 is 0. The maximum absolute atomic E-state index is 11.3. The highest BCUT2D eigenvalue weighted by Gasteiger charge is 2.13. The third-order valence-corrected chi connectivity index (χ3v) is 0.379. The van der Waals surface area contributed by atoms with Crippen molar-refractivity contribution in [1.29, 1.82) is 0 Å². The standard InChI is InChI=1S/C2H4FNO3/c3-2(1-5)4(6)7/h2,5H,1H2. The van der Waals surface area contributed by atoms with Gasteiger partial charge in [0.2, 0.25) is 0 Å². The predicted molar refractivity (Wildman–Crippen MR) is 19.0 cm³/mol. The Balaban J connectivity index is 3.34. The molecule has 0 amide bonds. The topological polar surface area (TPSA) is 63.4 Å². The Labute approximate surface area is 38.7 Å². The Bertz CT molecular complexity index is 75.3. The van der Waals surface area contributed by atoms with Crippen molar-refractivity contribution in [2.24, 2.45) is 0 Å². The molecule has 7 heavy (non-hydrogen) atoms. The second-order valence-electron chi connectivity index (χ2n) is 0.902. The summed E-state index contributed by atoms with van der Waals surface area (Å²) < 4.78 is 11.3. The molecule has 0 rings (SSSR count). The van der Waals surface area contributed by atoms with Gasteiger partial charge in [0.15, 0.2) is 0 Å². The number of rotatable bonds is 2. The second-order valence-corrected chi connectivity index (χ2v) is 0.902. The Morgan fingerprint density at radius 2 is 2.43 bits per heavy atom. The SMILES string of the molecule is O=[N+]([O-])C(F)CO. The van der Waals surface area contributed by atoms with Crippen LogP contribution in [0.2, 0.25) is 0 Å². The Morgan fingerprint density at radius 1 is 2.00 bits per heavy atom. The summed E-state index contributed by atoms with van der Waals surface area (Å²) in [6.45, 7) is -1.05. The Morgan fingerprint density at radius 3 is 2.43 bits per heavy atom. The summed E-state index contributed by atoms with van der Waals surface area (Å²) in [6.07, 6.45) is -2.32. The molecule has 1 atom stereocenters. The predicted octanol–water partition coefficient (Wildman–Crippen LogP) is -0.449. The summed E-state index contributed by atoms with van der Waals surface area (Å²) in [7, 11) is 0. The van der Waals surface area contributed by atoms with Gasteiger partial charge in [0.05, 0.1) is 4.92 Å². The van der Waals surface area contributed by atoms with Crippen LogP contribution in [0.1, 0.15) is 0 Å². The molecule has 0 fully saturated rings. The van der Waals surface area contributed by atoms with Crippen LogP contribution in [0, 0.1) is 10.1 Å². The summed E-state index contributed by atoms with van der Waals surface area (Å²) in [5.41, 5.74) is 0. The van der Waals surface area contributed by atoms with Crippen LogP contribution in [-0.4, -0.2) is 22.9 Å². The lowest BCUT2D eigenvalue weighted by atomic mass is 10.7. The average molecular weight is 109 g/mol. The molecule has 0 bridgehead atoms. The van der Waals surface area contributed by atoms with Gasteiger partial charge in [-0.15, -0.1) is 0 Å². The van der Waals surface area contributed by atoms with Crippen molar-refractivity contribution >= 4 is 0 Å². The van der Waals surface area contributed by atoms with Crippen LogP contribution in [0.5, 0.6) is 0 Å². The fraction of sp³-hybridized carbons (Fsp3) is 1.00. The van der Waals surface area contributed by atoms with Gasteiger partial charge in [-0.1, -0.05) is 0 Å². The molecule has 42 valence electrons. The first-order valence-electron chi connectivity index (χ1n) is 1.57. The number of aliphatic hydroxyl groups is 1. The van der Waals surface area contributed by atoms with Crippen molar-refractivity contribution in [2.45, 2.75) is 6.30 Å². The third kappa shape index (κ3) is 2.05. The van der Waals surface area contributed by atoms with E-state index >= 15 is 0 Å². The van der Waals surface area contributed by atoms with Gasteiger partial charge in [0.1, 0.15) is 6.61 Å². The Kier molecular flexibility index (Phi) is 2.21. The Hall–Kier alpha value is -0.710. The van der Waals surface area contributed by atoms with Crippen molar-refractivity contribution in [3.8, 4) is 0 Å². The van der Waals surface area contributed by atoms with Gasteiger partial charge >= 0.3 is 6.30 Å². The fourth-order valence-electron chi connectivity index (χ4n) is 0.0667. The minimum Gasteiger partial charge on any atom is -0.386 e. The highest BCUT2D eigenvalue weighted by molar-refractivity contribution is 4.28. The molecule has 0 radical (unpaired) electrons. The molecule has 5 heteroatoms. The molecule has 0 aliphatic rings. The van der Waals surface area contributed by atoms with E-state index in [4.69, 9.17) is 5.11 Å². The number of nitrogens with zero attached hydrogens (tertiary/aromatic N) is 1. The molecule has 0 spiro atoms. The molecule has 0 aliphatic heterocycles. The minimum atomic E-state index is -2.32. The maximum Gasteiger partial charge on any atom is 0.372 e. The van der Waals surface area contributed by atoms with Gasteiger partial charge in [0, 0.05) is 0 Å². The van der Waals surface area contributed by atoms with Crippen molar-refractivity contribution < 1.29 is 14.4 Å². The van der Waals surface area contributed by atoms with Gasteiger partial charge in [-0.25, -0.2) is 0 Å². The van der Waals surface area contributed by atoms with E-state index in [1.807, 2.05) is 0 Å². The van der Waals surface area contributed by atoms with Crippen LogP contribution in [0.15, 0.2) is 0 Å². The molecule has 0 aromatic rings. The number of nitro groups is 1. The van der Waals surface area contributed by atoms with E-state index in [0.717, 1.165) is 0 Å².